The molecule has 0 bridgehead atoms. The molecule has 0 saturated heterocycles. The van der Waals surface area contributed by atoms with Gasteiger partial charge in [0.05, 0.1) is 11.5 Å². The van der Waals surface area contributed by atoms with Crippen molar-refractivity contribution in [2.75, 3.05) is 6.54 Å². The highest BCUT2D eigenvalue weighted by atomic mass is 16.5. The second kappa shape index (κ2) is 6.65. The van der Waals surface area contributed by atoms with E-state index in [9.17, 15) is 4.79 Å². The van der Waals surface area contributed by atoms with Gasteiger partial charge in [0.2, 0.25) is 0 Å². The molecule has 1 rings (SSSR count). The molecule has 4 heteroatoms. The molecule has 0 heterocycles. The van der Waals surface area contributed by atoms with E-state index in [1.54, 1.807) is 0 Å². The fraction of sp³-hybridized carbons (Fsp3) is 0.429. The summed E-state index contributed by atoms with van der Waals surface area (Å²) >= 11 is 0. The van der Waals surface area contributed by atoms with Crippen molar-refractivity contribution in [2.45, 2.75) is 26.9 Å². The minimum absolute atomic E-state index is 0.258. The maximum Gasteiger partial charge on any atom is 0.407 e. The zero-order valence-electron chi connectivity index (χ0n) is 10.8. The van der Waals surface area contributed by atoms with Crippen LogP contribution in [-0.4, -0.2) is 12.6 Å². The lowest BCUT2D eigenvalue weighted by Crippen LogP contribution is -2.28. The first-order valence-electron chi connectivity index (χ1n) is 5.89. The topological polar surface area (TPSA) is 62.1 Å². The number of rotatable bonds is 5. The third-order valence-corrected chi connectivity index (χ3v) is 2.53. The first-order chi connectivity index (χ1) is 8.53. The van der Waals surface area contributed by atoms with E-state index >= 15 is 0 Å². The fourth-order valence-electron chi connectivity index (χ4n) is 1.31. The summed E-state index contributed by atoms with van der Waals surface area (Å²) in [6, 6.07) is 11.7. The molecule has 96 valence electrons. The third kappa shape index (κ3) is 5.35. The van der Waals surface area contributed by atoms with Crippen LogP contribution >= 0.6 is 0 Å². The van der Waals surface area contributed by atoms with E-state index in [0.717, 1.165) is 5.56 Å². The van der Waals surface area contributed by atoms with Crippen molar-refractivity contribution in [2.24, 2.45) is 5.41 Å². The quantitative estimate of drug-likeness (QED) is 0.869. The maximum absolute atomic E-state index is 11.4. The van der Waals surface area contributed by atoms with Gasteiger partial charge < -0.3 is 10.1 Å². The van der Waals surface area contributed by atoms with Crippen LogP contribution in [0.15, 0.2) is 30.3 Å². The third-order valence-electron chi connectivity index (χ3n) is 2.53. The standard InChI is InChI=1S/C14H18N2O2/c1-14(2,11-15)8-9-16-13(17)18-10-12-6-4-3-5-7-12/h3-7H,8-10H2,1-2H3,(H,16,17). The number of carbonyl (C=O) groups excluding carboxylic acids is 1. The number of nitrogens with zero attached hydrogens (tertiary/aromatic N) is 1. The molecule has 4 nitrogen and oxygen atoms in total. The summed E-state index contributed by atoms with van der Waals surface area (Å²) in [5, 5.41) is 11.4. The highest BCUT2D eigenvalue weighted by molar-refractivity contribution is 5.67. The predicted octanol–water partition coefficient (Wildman–Crippen LogP) is 2.85. The number of ether oxygens (including phenoxy) is 1. The molecule has 0 aliphatic carbocycles. The van der Waals surface area contributed by atoms with Crippen molar-refractivity contribution in [3.63, 3.8) is 0 Å². The van der Waals surface area contributed by atoms with Crippen LogP contribution in [0.4, 0.5) is 4.79 Å². The van der Waals surface area contributed by atoms with Gasteiger partial charge in [-0.25, -0.2) is 4.79 Å². The Morgan fingerprint density at radius 3 is 2.67 bits per heavy atom. The second-order valence-electron chi connectivity index (χ2n) is 4.73. The van der Waals surface area contributed by atoms with Crippen molar-refractivity contribution in [3.8, 4) is 6.07 Å². The second-order valence-corrected chi connectivity index (χ2v) is 4.73. The van der Waals surface area contributed by atoms with Gasteiger partial charge in [-0.05, 0) is 25.8 Å². The molecule has 0 atom stereocenters. The van der Waals surface area contributed by atoms with Crippen LogP contribution in [0, 0.1) is 16.7 Å². The maximum atomic E-state index is 11.4. The zero-order valence-corrected chi connectivity index (χ0v) is 10.8. The van der Waals surface area contributed by atoms with Crippen LogP contribution in [0.3, 0.4) is 0 Å². The molecule has 1 N–H and O–H groups in total. The van der Waals surface area contributed by atoms with Crippen molar-refractivity contribution < 1.29 is 9.53 Å². The number of nitrogens with one attached hydrogen (secondary N) is 1. The van der Waals surface area contributed by atoms with Gasteiger partial charge in [-0.15, -0.1) is 0 Å². The van der Waals surface area contributed by atoms with Gasteiger partial charge in [-0.2, -0.15) is 5.26 Å². The summed E-state index contributed by atoms with van der Waals surface area (Å²) < 4.78 is 5.04. The van der Waals surface area contributed by atoms with Crippen LogP contribution in [-0.2, 0) is 11.3 Å². The number of benzene rings is 1. The monoisotopic (exact) mass is 246 g/mol. The van der Waals surface area contributed by atoms with Gasteiger partial charge in [0.15, 0.2) is 0 Å². The number of hydrogen-bond acceptors (Lipinski definition) is 3. The smallest absolute Gasteiger partial charge is 0.407 e. The Morgan fingerprint density at radius 2 is 2.06 bits per heavy atom. The Hall–Kier alpha value is -2.02. The van der Waals surface area contributed by atoms with E-state index < -0.39 is 11.5 Å². The number of nitriles is 1. The molecule has 0 spiro atoms. The molecule has 0 aromatic heterocycles. The highest BCUT2D eigenvalue weighted by Crippen LogP contribution is 2.17. The molecule has 1 amide bonds. The van der Waals surface area contributed by atoms with Crippen molar-refractivity contribution >= 4 is 6.09 Å². The summed E-state index contributed by atoms with van der Waals surface area (Å²) in [5.74, 6) is 0. The fourth-order valence-corrected chi connectivity index (χ4v) is 1.31. The summed E-state index contributed by atoms with van der Waals surface area (Å²) in [7, 11) is 0. The normalized spacial score (nSPS) is 10.5. The SMILES string of the molecule is CC(C)(C#N)CCNC(=O)OCc1ccccc1. The van der Waals surface area contributed by atoms with E-state index in [2.05, 4.69) is 11.4 Å². The van der Waals surface area contributed by atoms with E-state index in [1.807, 2.05) is 44.2 Å². The van der Waals surface area contributed by atoms with Crippen LogP contribution in [0.1, 0.15) is 25.8 Å². The molecule has 0 fully saturated rings. The molecular weight excluding hydrogens is 228 g/mol. The number of alkyl carbamates (subject to hydrolysis) is 1. The van der Waals surface area contributed by atoms with Crippen LogP contribution in [0.2, 0.25) is 0 Å². The Kier molecular flexibility index (Phi) is 5.19. The summed E-state index contributed by atoms with van der Waals surface area (Å²) in [4.78, 5) is 11.4. The first-order valence-corrected chi connectivity index (χ1v) is 5.89. The number of amides is 1. The van der Waals surface area contributed by atoms with Gasteiger partial charge in [-0.3, -0.25) is 0 Å². The molecule has 1 aromatic carbocycles. The highest BCUT2D eigenvalue weighted by Gasteiger charge is 2.16. The van der Waals surface area contributed by atoms with Gasteiger partial charge in [-0.1, -0.05) is 30.3 Å². The largest absolute Gasteiger partial charge is 0.445 e. The molecule has 0 unspecified atom stereocenters. The van der Waals surface area contributed by atoms with Crippen LogP contribution < -0.4 is 5.32 Å². The van der Waals surface area contributed by atoms with Crippen molar-refractivity contribution in [1.29, 1.82) is 5.26 Å². The average Bonchev–Trinajstić information content (AvgIpc) is 2.37. The lowest BCUT2D eigenvalue weighted by atomic mass is 9.92. The van der Waals surface area contributed by atoms with Gasteiger partial charge >= 0.3 is 6.09 Å². The Balaban J connectivity index is 2.21. The summed E-state index contributed by atoms with van der Waals surface area (Å²) in [6.45, 7) is 4.37. The van der Waals surface area contributed by atoms with Crippen LogP contribution in [0.25, 0.3) is 0 Å². The number of hydrogen-bond donors (Lipinski definition) is 1. The van der Waals surface area contributed by atoms with E-state index in [4.69, 9.17) is 10.00 Å². The molecule has 0 aliphatic rings. The minimum Gasteiger partial charge on any atom is -0.445 e. The van der Waals surface area contributed by atoms with Gasteiger partial charge in [0.25, 0.3) is 0 Å². The summed E-state index contributed by atoms with van der Waals surface area (Å²) in [6.07, 6.45) is 0.150. The van der Waals surface area contributed by atoms with Crippen LogP contribution in [0.5, 0.6) is 0 Å². The minimum atomic E-state index is -0.451. The Morgan fingerprint density at radius 1 is 1.39 bits per heavy atom. The van der Waals surface area contributed by atoms with Crippen molar-refractivity contribution in [3.05, 3.63) is 35.9 Å². The lowest BCUT2D eigenvalue weighted by molar-refractivity contribution is 0.139. The molecule has 0 aliphatic heterocycles. The van der Waals surface area contributed by atoms with E-state index in [0.29, 0.717) is 13.0 Å². The Labute approximate surface area is 108 Å². The van der Waals surface area contributed by atoms with Gasteiger partial charge in [0.1, 0.15) is 6.61 Å². The van der Waals surface area contributed by atoms with Crippen molar-refractivity contribution in [1.82, 2.24) is 5.32 Å². The molecule has 1 aromatic rings. The Bertz CT molecular complexity index is 421. The van der Waals surface area contributed by atoms with Gasteiger partial charge in [0, 0.05) is 6.54 Å². The lowest BCUT2D eigenvalue weighted by Gasteiger charge is -2.14. The molecule has 0 radical (unpaired) electrons. The first kappa shape index (κ1) is 14.0. The van der Waals surface area contributed by atoms with E-state index in [-0.39, 0.29) is 6.61 Å². The molecule has 0 saturated carbocycles. The molecular formula is C14H18N2O2. The average molecular weight is 246 g/mol. The van der Waals surface area contributed by atoms with E-state index in [1.165, 1.54) is 0 Å². The zero-order chi connectivity index (χ0) is 13.4. The number of carbonyl (C=O) groups is 1. The summed E-state index contributed by atoms with van der Waals surface area (Å²) in [5.41, 5.74) is 0.525. The predicted molar refractivity (Wildman–Crippen MR) is 68.6 cm³/mol. The molecule has 18 heavy (non-hydrogen) atoms.